The van der Waals surface area contributed by atoms with Gasteiger partial charge in [-0.05, 0) is 6.42 Å². The van der Waals surface area contributed by atoms with Gasteiger partial charge in [-0.25, -0.2) is 0 Å². The average Bonchev–Trinajstić information content (AvgIpc) is 2.03. The molecule has 0 aliphatic carbocycles. The SMILES string of the molecule is COCCC1COCCN1.Cl. The fraction of sp³-hybridized carbons (Fsp3) is 1.00. The maximum atomic E-state index is 5.26. The third-order valence-corrected chi connectivity index (χ3v) is 1.67. The van der Waals surface area contributed by atoms with Crippen molar-refractivity contribution in [1.29, 1.82) is 0 Å². The maximum Gasteiger partial charge on any atom is 0.0621 e. The van der Waals surface area contributed by atoms with Gasteiger partial charge in [0.15, 0.2) is 0 Å². The van der Waals surface area contributed by atoms with Gasteiger partial charge in [0.05, 0.1) is 13.2 Å². The second-order valence-corrected chi connectivity index (χ2v) is 2.51. The Labute approximate surface area is 73.9 Å². The molecule has 1 atom stereocenters. The van der Waals surface area contributed by atoms with Crippen LogP contribution in [-0.4, -0.2) is 39.5 Å². The van der Waals surface area contributed by atoms with Gasteiger partial charge in [0.2, 0.25) is 0 Å². The first-order valence-corrected chi connectivity index (χ1v) is 3.73. The zero-order chi connectivity index (χ0) is 7.23. The summed E-state index contributed by atoms with van der Waals surface area (Å²) >= 11 is 0. The molecule has 1 heterocycles. The molecule has 1 unspecified atom stereocenters. The van der Waals surface area contributed by atoms with Crippen molar-refractivity contribution in [2.75, 3.05) is 33.5 Å². The molecule has 0 saturated carbocycles. The molecule has 0 aromatic heterocycles. The number of nitrogens with one attached hydrogen (secondary N) is 1. The first-order chi connectivity index (χ1) is 4.93. The molecule has 1 aliphatic rings. The molecular formula is C7H16ClNO2. The highest BCUT2D eigenvalue weighted by Gasteiger charge is 2.11. The molecule has 0 spiro atoms. The van der Waals surface area contributed by atoms with Crippen LogP contribution in [0.1, 0.15) is 6.42 Å². The number of hydrogen-bond donors (Lipinski definition) is 1. The van der Waals surface area contributed by atoms with Gasteiger partial charge in [-0.1, -0.05) is 0 Å². The molecule has 1 aliphatic heterocycles. The molecular weight excluding hydrogens is 166 g/mol. The lowest BCUT2D eigenvalue weighted by molar-refractivity contribution is 0.0631. The molecule has 1 fully saturated rings. The van der Waals surface area contributed by atoms with E-state index in [2.05, 4.69) is 5.32 Å². The van der Waals surface area contributed by atoms with Crippen LogP contribution in [0.3, 0.4) is 0 Å². The molecule has 0 amide bonds. The Morgan fingerprint density at radius 2 is 2.45 bits per heavy atom. The summed E-state index contributed by atoms with van der Waals surface area (Å²) in [7, 11) is 1.73. The zero-order valence-electron chi connectivity index (χ0n) is 6.84. The molecule has 68 valence electrons. The van der Waals surface area contributed by atoms with Gasteiger partial charge >= 0.3 is 0 Å². The Balaban J connectivity index is 0.000001000. The van der Waals surface area contributed by atoms with Crippen LogP contribution in [0.4, 0.5) is 0 Å². The second kappa shape index (κ2) is 6.85. The number of halogens is 1. The van der Waals surface area contributed by atoms with E-state index in [1.165, 1.54) is 0 Å². The Hall–Kier alpha value is 0.170. The van der Waals surface area contributed by atoms with Crippen LogP contribution in [0.5, 0.6) is 0 Å². The Bertz CT molecular complexity index is 86.5. The summed E-state index contributed by atoms with van der Waals surface area (Å²) in [6.07, 6.45) is 1.05. The average molecular weight is 182 g/mol. The van der Waals surface area contributed by atoms with Crippen LogP contribution >= 0.6 is 12.4 Å². The molecule has 0 aromatic carbocycles. The lowest BCUT2D eigenvalue weighted by atomic mass is 10.2. The van der Waals surface area contributed by atoms with E-state index < -0.39 is 0 Å². The van der Waals surface area contributed by atoms with Gasteiger partial charge in [0, 0.05) is 26.3 Å². The van der Waals surface area contributed by atoms with E-state index in [0.29, 0.717) is 6.04 Å². The smallest absolute Gasteiger partial charge is 0.0621 e. The van der Waals surface area contributed by atoms with Gasteiger partial charge in [0.1, 0.15) is 0 Å². The molecule has 0 aromatic rings. The highest BCUT2D eigenvalue weighted by Crippen LogP contribution is 1.97. The highest BCUT2D eigenvalue weighted by molar-refractivity contribution is 5.85. The van der Waals surface area contributed by atoms with Crippen LogP contribution in [0.15, 0.2) is 0 Å². The van der Waals surface area contributed by atoms with Gasteiger partial charge in [-0.15, -0.1) is 12.4 Å². The standard InChI is InChI=1S/C7H15NO2.ClH/c1-9-4-2-7-6-10-5-3-8-7;/h7-8H,2-6H2,1H3;1H. The summed E-state index contributed by atoms with van der Waals surface area (Å²) in [5.74, 6) is 0. The number of rotatable bonds is 3. The Morgan fingerprint density at radius 3 is 3.00 bits per heavy atom. The molecule has 1 N–H and O–H groups in total. The minimum atomic E-state index is 0. The zero-order valence-corrected chi connectivity index (χ0v) is 7.65. The van der Waals surface area contributed by atoms with Crippen LogP contribution in [0, 0.1) is 0 Å². The maximum absolute atomic E-state index is 5.26. The van der Waals surface area contributed by atoms with E-state index in [-0.39, 0.29) is 12.4 Å². The topological polar surface area (TPSA) is 30.5 Å². The van der Waals surface area contributed by atoms with Crippen molar-refractivity contribution in [3.63, 3.8) is 0 Å². The lowest BCUT2D eigenvalue weighted by Crippen LogP contribution is -2.41. The third-order valence-electron chi connectivity index (χ3n) is 1.67. The number of hydrogen-bond acceptors (Lipinski definition) is 3. The van der Waals surface area contributed by atoms with Crippen molar-refractivity contribution in [3.05, 3.63) is 0 Å². The molecule has 1 saturated heterocycles. The highest BCUT2D eigenvalue weighted by atomic mass is 35.5. The van der Waals surface area contributed by atoms with Crippen LogP contribution in [0.2, 0.25) is 0 Å². The summed E-state index contributed by atoms with van der Waals surface area (Å²) in [6, 6.07) is 0.508. The largest absolute Gasteiger partial charge is 0.385 e. The van der Waals surface area contributed by atoms with Crippen LogP contribution in [-0.2, 0) is 9.47 Å². The van der Waals surface area contributed by atoms with E-state index >= 15 is 0 Å². The number of ether oxygens (including phenoxy) is 2. The first-order valence-electron chi connectivity index (χ1n) is 3.73. The van der Waals surface area contributed by atoms with Gasteiger partial charge in [-0.2, -0.15) is 0 Å². The molecule has 3 nitrogen and oxygen atoms in total. The van der Waals surface area contributed by atoms with Crippen molar-refractivity contribution in [1.82, 2.24) is 5.32 Å². The van der Waals surface area contributed by atoms with E-state index in [1.54, 1.807) is 7.11 Å². The van der Waals surface area contributed by atoms with E-state index in [9.17, 15) is 0 Å². The minimum Gasteiger partial charge on any atom is -0.385 e. The normalized spacial score (nSPS) is 24.3. The fourth-order valence-corrected chi connectivity index (χ4v) is 1.07. The van der Waals surface area contributed by atoms with Crippen molar-refractivity contribution < 1.29 is 9.47 Å². The van der Waals surface area contributed by atoms with Crippen LogP contribution in [0.25, 0.3) is 0 Å². The van der Waals surface area contributed by atoms with Crippen molar-refractivity contribution in [3.8, 4) is 0 Å². The third kappa shape index (κ3) is 4.58. The Morgan fingerprint density at radius 1 is 1.64 bits per heavy atom. The first kappa shape index (κ1) is 11.2. The monoisotopic (exact) mass is 181 g/mol. The fourth-order valence-electron chi connectivity index (χ4n) is 1.07. The van der Waals surface area contributed by atoms with Crippen molar-refractivity contribution >= 4 is 12.4 Å². The number of morpholine rings is 1. The van der Waals surface area contributed by atoms with E-state index in [0.717, 1.165) is 32.8 Å². The van der Waals surface area contributed by atoms with Crippen molar-refractivity contribution in [2.24, 2.45) is 0 Å². The molecule has 0 radical (unpaired) electrons. The quantitative estimate of drug-likeness (QED) is 0.685. The van der Waals surface area contributed by atoms with Crippen molar-refractivity contribution in [2.45, 2.75) is 12.5 Å². The van der Waals surface area contributed by atoms with E-state index in [1.807, 2.05) is 0 Å². The van der Waals surface area contributed by atoms with E-state index in [4.69, 9.17) is 9.47 Å². The summed E-state index contributed by atoms with van der Waals surface area (Å²) in [5.41, 5.74) is 0. The van der Waals surface area contributed by atoms with Gasteiger partial charge in [-0.3, -0.25) is 0 Å². The summed E-state index contributed by atoms with van der Waals surface area (Å²) in [6.45, 7) is 3.49. The summed E-state index contributed by atoms with van der Waals surface area (Å²) in [4.78, 5) is 0. The van der Waals surface area contributed by atoms with Gasteiger partial charge < -0.3 is 14.8 Å². The van der Waals surface area contributed by atoms with Crippen LogP contribution < -0.4 is 5.32 Å². The number of methoxy groups -OCH3 is 1. The second-order valence-electron chi connectivity index (χ2n) is 2.51. The van der Waals surface area contributed by atoms with Gasteiger partial charge in [0.25, 0.3) is 0 Å². The molecule has 4 heteroatoms. The predicted molar refractivity (Wildman–Crippen MR) is 46.4 cm³/mol. The summed E-state index contributed by atoms with van der Waals surface area (Å²) in [5, 5.41) is 3.35. The minimum absolute atomic E-state index is 0. The predicted octanol–water partition coefficient (Wildman–Crippen LogP) is 0.433. The molecule has 1 rings (SSSR count). The molecule has 11 heavy (non-hydrogen) atoms. The summed E-state index contributed by atoms with van der Waals surface area (Å²) < 4.78 is 10.2. The molecule has 0 bridgehead atoms. The Kier molecular flexibility index (Phi) is 6.96. The lowest BCUT2D eigenvalue weighted by Gasteiger charge is -2.23.